The third kappa shape index (κ3) is 3.78. The predicted molar refractivity (Wildman–Crippen MR) is 71.9 cm³/mol. The molecule has 0 aliphatic heterocycles. The molecule has 7 heteroatoms. The van der Waals surface area contributed by atoms with Crippen LogP contribution in [0.25, 0.3) is 5.69 Å². The summed E-state index contributed by atoms with van der Waals surface area (Å²) in [4.78, 5) is 11.2. The fraction of sp³-hybridized carbons (Fsp3) is 0.333. The molecule has 1 aromatic carbocycles. The Morgan fingerprint density at radius 3 is 2.89 bits per heavy atom. The highest BCUT2D eigenvalue weighted by atomic mass is 32.2. The number of para-hydroxylation sites is 1. The molecule has 6 nitrogen and oxygen atoms in total. The molecule has 0 fully saturated rings. The van der Waals surface area contributed by atoms with Crippen LogP contribution in [0.5, 0.6) is 0 Å². The van der Waals surface area contributed by atoms with Crippen molar-refractivity contribution >= 4 is 17.7 Å². The van der Waals surface area contributed by atoms with Gasteiger partial charge in [-0.2, -0.15) is 4.68 Å². The number of hydrogen-bond acceptors (Lipinski definition) is 6. The fourth-order valence-electron chi connectivity index (χ4n) is 1.49. The van der Waals surface area contributed by atoms with Gasteiger partial charge in [-0.15, -0.1) is 16.9 Å². The molecule has 0 saturated carbocycles. The van der Waals surface area contributed by atoms with Gasteiger partial charge in [-0.3, -0.25) is 4.79 Å². The number of esters is 1. The van der Waals surface area contributed by atoms with Crippen molar-refractivity contribution < 1.29 is 9.53 Å². The second kappa shape index (κ2) is 6.89. The second-order valence-electron chi connectivity index (χ2n) is 3.64. The predicted octanol–water partition coefficient (Wildman–Crippen LogP) is 1.46. The Bertz CT molecular complexity index is 530. The highest BCUT2D eigenvalue weighted by molar-refractivity contribution is 7.99. The normalized spacial score (nSPS) is 10.4. The third-order valence-corrected chi connectivity index (χ3v) is 3.19. The first-order valence-corrected chi connectivity index (χ1v) is 7.02. The molecular weight excluding hydrogens is 264 g/mol. The lowest BCUT2D eigenvalue weighted by atomic mass is 10.3. The summed E-state index contributed by atoms with van der Waals surface area (Å²) in [5.41, 5.74) is 0.902. The summed E-state index contributed by atoms with van der Waals surface area (Å²) < 4.78 is 6.52. The molecule has 0 spiro atoms. The van der Waals surface area contributed by atoms with E-state index >= 15 is 0 Å². The highest BCUT2D eigenvalue weighted by Crippen LogP contribution is 2.13. The second-order valence-corrected chi connectivity index (χ2v) is 4.63. The van der Waals surface area contributed by atoms with E-state index in [0.29, 0.717) is 23.9 Å². The lowest BCUT2D eigenvalue weighted by Crippen LogP contribution is -2.08. The van der Waals surface area contributed by atoms with E-state index in [-0.39, 0.29) is 5.97 Å². The van der Waals surface area contributed by atoms with Crippen molar-refractivity contribution in [3.63, 3.8) is 0 Å². The van der Waals surface area contributed by atoms with E-state index in [9.17, 15) is 4.79 Å². The minimum atomic E-state index is -0.216. The van der Waals surface area contributed by atoms with E-state index in [1.54, 1.807) is 11.6 Å². The Morgan fingerprint density at radius 2 is 2.16 bits per heavy atom. The number of aromatic nitrogens is 4. The van der Waals surface area contributed by atoms with Gasteiger partial charge in [-0.1, -0.05) is 18.2 Å². The van der Waals surface area contributed by atoms with Crippen LogP contribution in [0.2, 0.25) is 0 Å². The molecule has 100 valence electrons. The monoisotopic (exact) mass is 278 g/mol. The van der Waals surface area contributed by atoms with Gasteiger partial charge in [0.1, 0.15) is 0 Å². The third-order valence-electron chi connectivity index (χ3n) is 2.29. The van der Waals surface area contributed by atoms with Crippen molar-refractivity contribution in [3.8, 4) is 5.69 Å². The zero-order chi connectivity index (χ0) is 13.5. The lowest BCUT2D eigenvalue weighted by Gasteiger charge is -2.04. The Hall–Kier alpha value is -1.89. The van der Waals surface area contributed by atoms with Crippen molar-refractivity contribution in [3.05, 3.63) is 36.2 Å². The lowest BCUT2D eigenvalue weighted by molar-refractivity contribution is -0.139. The van der Waals surface area contributed by atoms with Gasteiger partial charge in [0.05, 0.1) is 23.8 Å². The van der Waals surface area contributed by atoms with Gasteiger partial charge in [-0.25, -0.2) is 0 Å². The first-order chi connectivity index (χ1) is 9.31. The van der Waals surface area contributed by atoms with Crippen molar-refractivity contribution in [2.45, 2.75) is 12.7 Å². The van der Waals surface area contributed by atoms with Crippen LogP contribution in [-0.4, -0.2) is 38.5 Å². The smallest absolute Gasteiger partial charge is 0.315 e. The number of ether oxygens (including phenoxy) is 1. The molecule has 1 aromatic heterocycles. The first-order valence-electron chi connectivity index (χ1n) is 5.87. The largest absolute Gasteiger partial charge is 0.465 e. The van der Waals surface area contributed by atoms with Gasteiger partial charge < -0.3 is 4.74 Å². The van der Waals surface area contributed by atoms with Crippen molar-refractivity contribution in [1.82, 2.24) is 20.2 Å². The molecule has 0 unspecified atom stereocenters. The maximum absolute atomic E-state index is 11.2. The van der Waals surface area contributed by atoms with E-state index in [1.807, 2.05) is 30.3 Å². The zero-order valence-electron chi connectivity index (χ0n) is 10.5. The minimum Gasteiger partial charge on any atom is -0.465 e. The summed E-state index contributed by atoms with van der Waals surface area (Å²) >= 11 is 1.43. The molecule has 19 heavy (non-hydrogen) atoms. The molecule has 0 aliphatic rings. The van der Waals surface area contributed by atoms with Crippen LogP contribution in [0.4, 0.5) is 0 Å². The van der Waals surface area contributed by atoms with Crippen molar-refractivity contribution in [2.24, 2.45) is 0 Å². The van der Waals surface area contributed by atoms with Crippen LogP contribution in [-0.2, 0) is 15.3 Å². The molecule has 1 heterocycles. The number of carbonyl (C=O) groups excluding carboxylic acids is 1. The van der Waals surface area contributed by atoms with Crippen LogP contribution in [0.1, 0.15) is 12.7 Å². The molecule has 0 bridgehead atoms. The SMILES string of the molecule is CCOC(=O)CSCc1nnnn1-c1ccccc1. The fourth-order valence-corrected chi connectivity index (χ4v) is 2.21. The number of tetrazole rings is 1. The maximum atomic E-state index is 11.2. The standard InChI is InChI=1S/C12H14N4O2S/c1-2-18-12(17)9-19-8-11-13-14-15-16(11)10-6-4-3-5-7-10/h3-7H,2,8-9H2,1H3. The van der Waals surface area contributed by atoms with Gasteiger partial charge in [0.15, 0.2) is 5.82 Å². The average Bonchev–Trinajstić information content (AvgIpc) is 2.88. The number of nitrogens with zero attached hydrogens (tertiary/aromatic N) is 4. The topological polar surface area (TPSA) is 69.9 Å². The van der Waals surface area contributed by atoms with Gasteiger partial charge in [0.25, 0.3) is 0 Å². The summed E-state index contributed by atoms with van der Waals surface area (Å²) in [5.74, 6) is 1.35. The van der Waals surface area contributed by atoms with Gasteiger partial charge >= 0.3 is 5.97 Å². The summed E-state index contributed by atoms with van der Waals surface area (Å²) in [6.07, 6.45) is 0. The summed E-state index contributed by atoms with van der Waals surface area (Å²) in [5, 5.41) is 11.6. The van der Waals surface area contributed by atoms with Crippen LogP contribution < -0.4 is 0 Å². The number of carbonyl (C=O) groups is 1. The number of benzene rings is 1. The molecule has 2 rings (SSSR count). The van der Waals surface area contributed by atoms with Crippen LogP contribution >= 0.6 is 11.8 Å². The average molecular weight is 278 g/mol. The van der Waals surface area contributed by atoms with Crippen LogP contribution in [0.3, 0.4) is 0 Å². The molecule has 0 atom stereocenters. The molecule has 0 radical (unpaired) electrons. The highest BCUT2D eigenvalue weighted by Gasteiger charge is 2.09. The number of rotatable bonds is 6. The van der Waals surface area contributed by atoms with E-state index in [1.165, 1.54) is 11.8 Å². The summed E-state index contributed by atoms with van der Waals surface area (Å²) in [7, 11) is 0. The van der Waals surface area contributed by atoms with Crippen LogP contribution in [0, 0.1) is 0 Å². The Morgan fingerprint density at radius 1 is 1.37 bits per heavy atom. The molecule has 0 aliphatic carbocycles. The summed E-state index contributed by atoms with van der Waals surface area (Å²) in [6.45, 7) is 2.19. The molecule has 0 N–H and O–H groups in total. The summed E-state index contributed by atoms with van der Waals surface area (Å²) in [6, 6.07) is 9.63. The minimum absolute atomic E-state index is 0.216. The maximum Gasteiger partial charge on any atom is 0.315 e. The van der Waals surface area contributed by atoms with Gasteiger partial charge in [0.2, 0.25) is 0 Å². The molecule has 2 aromatic rings. The van der Waals surface area contributed by atoms with E-state index in [2.05, 4.69) is 15.5 Å². The number of thioether (sulfide) groups is 1. The Balaban J connectivity index is 1.95. The quantitative estimate of drug-likeness (QED) is 0.745. The van der Waals surface area contributed by atoms with Crippen molar-refractivity contribution in [2.75, 3.05) is 12.4 Å². The molecular formula is C12H14N4O2S. The zero-order valence-corrected chi connectivity index (χ0v) is 11.3. The first kappa shape index (κ1) is 13.5. The van der Waals surface area contributed by atoms with Gasteiger partial charge in [-0.05, 0) is 29.5 Å². The van der Waals surface area contributed by atoms with E-state index in [4.69, 9.17) is 4.74 Å². The van der Waals surface area contributed by atoms with E-state index < -0.39 is 0 Å². The Labute approximate surface area is 115 Å². The van der Waals surface area contributed by atoms with Gasteiger partial charge in [0, 0.05) is 0 Å². The molecule has 0 saturated heterocycles. The van der Waals surface area contributed by atoms with Crippen molar-refractivity contribution in [1.29, 1.82) is 0 Å². The van der Waals surface area contributed by atoms with Crippen LogP contribution in [0.15, 0.2) is 30.3 Å². The Kier molecular flexibility index (Phi) is 4.91. The molecule has 0 amide bonds. The number of hydrogen-bond donors (Lipinski definition) is 0. The van der Waals surface area contributed by atoms with E-state index in [0.717, 1.165) is 5.69 Å².